The van der Waals surface area contributed by atoms with Crippen LogP contribution in [0.4, 0.5) is 0 Å². The molecule has 5 nitrogen and oxygen atoms in total. The van der Waals surface area contributed by atoms with E-state index in [2.05, 4.69) is 23.9 Å². The molecule has 1 atom stereocenters. The Kier molecular flexibility index (Phi) is 6.67. The molecule has 0 aromatic heterocycles. The highest BCUT2D eigenvalue weighted by atomic mass is 35.5. The second-order valence-electron chi connectivity index (χ2n) is 9.09. The van der Waals surface area contributed by atoms with Gasteiger partial charge in [-0.1, -0.05) is 24.4 Å². The SMILES string of the molecule is CN(C)[C@@H]1CCN(C(=O)c2cc(Cl)ccc2OC2CCN(C3CCCC3)CC2)C1. The fourth-order valence-corrected chi connectivity index (χ4v) is 5.27. The summed E-state index contributed by atoms with van der Waals surface area (Å²) in [6.07, 6.45) is 8.70. The fourth-order valence-electron chi connectivity index (χ4n) is 5.10. The Morgan fingerprint density at radius 1 is 1.07 bits per heavy atom. The smallest absolute Gasteiger partial charge is 0.257 e. The number of rotatable bonds is 5. The molecular formula is C23H34ClN3O2. The molecule has 29 heavy (non-hydrogen) atoms. The molecule has 1 amide bonds. The molecular weight excluding hydrogens is 386 g/mol. The van der Waals surface area contributed by atoms with Crippen molar-refractivity contribution in [3.63, 3.8) is 0 Å². The lowest BCUT2D eigenvalue weighted by Crippen LogP contribution is -2.43. The second kappa shape index (κ2) is 9.23. The summed E-state index contributed by atoms with van der Waals surface area (Å²) in [4.78, 5) is 20.0. The third-order valence-electron chi connectivity index (χ3n) is 6.96. The van der Waals surface area contributed by atoms with Gasteiger partial charge in [-0.3, -0.25) is 4.79 Å². The highest BCUT2D eigenvalue weighted by molar-refractivity contribution is 6.31. The van der Waals surface area contributed by atoms with Gasteiger partial charge in [-0.05, 0) is 64.4 Å². The number of ether oxygens (including phenoxy) is 1. The van der Waals surface area contributed by atoms with Crippen molar-refractivity contribution in [2.75, 3.05) is 40.3 Å². The molecule has 0 bridgehead atoms. The van der Waals surface area contributed by atoms with E-state index in [1.165, 1.54) is 25.7 Å². The number of likely N-dealkylation sites (N-methyl/N-ethyl adjacent to an activating group) is 1. The number of likely N-dealkylation sites (tertiary alicyclic amines) is 2. The van der Waals surface area contributed by atoms with Gasteiger partial charge in [-0.15, -0.1) is 0 Å². The normalized spacial score (nSPS) is 24.6. The van der Waals surface area contributed by atoms with Crippen LogP contribution in [0.25, 0.3) is 0 Å². The summed E-state index contributed by atoms with van der Waals surface area (Å²) in [5, 5.41) is 0.583. The number of carbonyl (C=O) groups is 1. The highest BCUT2D eigenvalue weighted by Crippen LogP contribution is 2.31. The van der Waals surface area contributed by atoms with Gasteiger partial charge in [-0.2, -0.15) is 0 Å². The Balaban J connectivity index is 1.40. The maximum atomic E-state index is 13.2. The lowest BCUT2D eigenvalue weighted by atomic mass is 10.0. The van der Waals surface area contributed by atoms with Crippen LogP contribution in [0, 0.1) is 0 Å². The van der Waals surface area contributed by atoms with Crippen LogP contribution in [0.15, 0.2) is 18.2 Å². The minimum absolute atomic E-state index is 0.0373. The van der Waals surface area contributed by atoms with Gasteiger partial charge >= 0.3 is 0 Å². The molecule has 1 aromatic rings. The molecule has 6 heteroatoms. The Bertz CT molecular complexity index is 712. The summed E-state index contributed by atoms with van der Waals surface area (Å²) in [6, 6.07) is 6.67. The largest absolute Gasteiger partial charge is 0.489 e. The average Bonchev–Trinajstić information content (AvgIpc) is 3.42. The third kappa shape index (κ3) is 4.89. The molecule has 1 saturated carbocycles. The average molecular weight is 420 g/mol. The highest BCUT2D eigenvalue weighted by Gasteiger charge is 2.31. The minimum Gasteiger partial charge on any atom is -0.489 e. The molecule has 0 N–H and O–H groups in total. The predicted octanol–water partition coefficient (Wildman–Crippen LogP) is 3.90. The van der Waals surface area contributed by atoms with E-state index >= 15 is 0 Å². The quantitative estimate of drug-likeness (QED) is 0.725. The van der Waals surface area contributed by atoms with E-state index in [-0.39, 0.29) is 12.0 Å². The molecule has 0 spiro atoms. The van der Waals surface area contributed by atoms with Crippen molar-refractivity contribution in [3.8, 4) is 5.75 Å². The van der Waals surface area contributed by atoms with Gasteiger partial charge in [0.2, 0.25) is 0 Å². The molecule has 3 fully saturated rings. The van der Waals surface area contributed by atoms with E-state index in [0.717, 1.165) is 51.5 Å². The van der Waals surface area contributed by atoms with Gasteiger partial charge in [0.15, 0.2) is 0 Å². The Morgan fingerprint density at radius 3 is 2.45 bits per heavy atom. The summed E-state index contributed by atoms with van der Waals surface area (Å²) in [6.45, 7) is 3.75. The number of piperidine rings is 1. The van der Waals surface area contributed by atoms with Crippen LogP contribution in [0.3, 0.4) is 0 Å². The zero-order chi connectivity index (χ0) is 20.4. The van der Waals surface area contributed by atoms with Crippen molar-refractivity contribution in [1.29, 1.82) is 0 Å². The molecule has 2 heterocycles. The maximum Gasteiger partial charge on any atom is 0.257 e. The van der Waals surface area contributed by atoms with Crippen LogP contribution in [0.5, 0.6) is 5.75 Å². The topological polar surface area (TPSA) is 36.0 Å². The standard InChI is InChI=1S/C23H34ClN3O2/c1-25(2)19-9-12-27(16-19)23(28)21-15-17(24)7-8-22(21)29-20-10-13-26(14-11-20)18-5-3-4-6-18/h7-8,15,18-20H,3-6,9-14,16H2,1-2H3/t19-/m1/s1. The van der Waals surface area contributed by atoms with Gasteiger partial charge in [0.1, 0.15) is 11.9 Å². The number of hydrogen-bond donors (Lipinski definition) is 0. The van der Waals surface area contributed by atoms with Crippen molar-refractivity contribution in [2.45, 2.75) is 63.1 Å². The Labute approximate surface area is 179 Å². The van der Waals surface area contributed by atoms with Gasteiger partial charge in [0, 0.05) is 43.3 Å². The molecule has 2 saturated heterocycles. The van der Waals surface area contributed by atoms with Crippen LogP contribution in [0.2, 0.25) is 5.02 Å². The number of amides is 1. The Morgan fingerprint density at radius 2 is 1.79 bits per heavy atom. The first-order chi connectivity index (χ1) is 14.0. The minimum atomic E-state index is 0.0373. The molecule has 1 aliphatic carbocycles. The van der Waals surface area contributed by atoms with Gasteiger partial charge in [0.05, 0.1) is 5.56 Å². The first-order valence-corrected chi connectivity index (χ1v) is 11.5. The molecule has 3 aliphatic rings. The van der Waals surface area contributed by atoms with E-state index < -0.39 is 0 Å². The van der Waals surface area contributed by atoms with Crippen molar-refractivity contribution in [2.24, 2.45) is 0 Å². The lowest BCUT2D eigenvalue weighted by Gasteiger charge is -2.36. The second-order valence-corrected chi connectivity index (χ2v) is 9.53. The van der Waals surface area contributed by atoms with Crippen LogP contribution in [-0.4, -0.2) is 79.1 Å². The van der Waals surface area contributed by atoms with Crippen molar-refractivity contribution in [3.05, 3.63) is 28.8 Å². The molecule has 160 valence electrons. The molecule has 2 aliphatic heterocycles. The fraction of sp³-hybridized carbons (Fsp3) is 0.696. The van der Waals surface area contributed by atoms with Gasteiger partial charge < -0.3 is 19.4 Å². The summed E-state index contributed by atoms with van der Waals surface area (Å²) in [5.41, 5.74) is 0.607. The predicted molar refractivity (Wildman–Crippen MR) is 117 cm³/mol. The van der Waals surface area contributed by atoms with E-state index in [1.807, 2.05) is 17.0 Å². The maximum absolute atomic E-state index is 13.2. The van der Waals surface area contributed by atoms with Crippen LogP contribution in [0.1, 0.15) is 55.3 Å². The van der Waals surface area contributed by atoms with Crippen molar-refractivity contribution >= 4 is 17.5 Å². The summed E-state index contributed by atoms with van der Waals surface area (Å²) in [7, 11) is 4.15. The third-order valence-corrected chi connectivity index (χ3v) is 7.20. The molecule has 1 aromatic carbocycles. The molecule has 0 unspecified atom stereocenters. The summed E-state index contributed by atoms with van der Waals surface area (Å²) >= 11 is 6.24. The number of halogens is 1. The van der Waals surface area contributed by atoms with Crippen LogP contribution in [-0.2, 0) is 0 Å². The van der Waals surface area contributed by atoms with Crippen molar-refractivity contribution < 1.29 is 9.53 Å². The Hall–Kier alpha value is -1.30. The van der Waals surface area contributed by atoms with Crippen LogP contribution < -0.4 is 4.74 Å². The monoisotopic (exact) mass is 419 g/mol. The number of carbonyl (C=O) groups excluding carboxylic acids is 1. The van der Waals surface area contributed by atoms with Crippen LogP contribution >= 0.6 is 11.6 Å². The van der Waals surface area contributed by atoms with Crippen molar-refractivity contribution in [1.82, 2.24) is 14.7 Å². The summed E-state index contributed by atoms with van der Waals surface area (Å²) in [5.74, 6) is 0.724. The zero-order valence-corrected chi connectivity index (χ0v) is 18.5. The first-order valence-electron chi connectivity index (χ1n) is 11.2. The molecule has 0 radical (unpaired) electrons. The first kappa shape index (κ1) is 21.0. The van der Waals surface area contributed by atoms with E-state index in [0.29, 0.717) is 22.4 Å². The number of hydrogen-bond acceptors (Lipinski definition) is 4. The van der Waals surface area contributed by atoms with E-state index in [1.54, 1.807) is 6.07 Å². The van der Waals surface area contributed by atoms with E-state index in [4.69, 9.17) is 16.3 Å². The molecule has 4 rings (SSSR count). The van der Waals surface area contributed by atoms with Gasteiger partial charge in [-0.25, -0.2) is 0 Å². The zero-order valence-electron chi connectivity index (χ0n) is 17.8. The lowest BCUT2D eigenvalue weighted by molar-refractivity contribution is 0.0709. The van der Waals surface area contributed by atoms with Gasteiger partial charge in [0.25, 0.3) is 5.91 Å². The number of benzene rings is 1. The van der Waals surface area contributed by atoms with E-state index in [9.17, 15) is 4.79 Å². The number of nitrogens with zero attached hydrogens (tertiary/aromatic N) is 3. The summed E-state index contributed by atoms with van der Waals surface area (Å²) < 4.78 is 6.36.